The van der Waals surface area contributed by atoms with Gasteiger partial charge in [0.15, 0.2) is 0 Å². The predicted octanol–water partition coefficient (Wildman–Crippen LogP) is 2.02. The summed E-state index contributed by atoms with van der Waals surface area (Å²) >= 11 is 0. The molecule has 0 amide bonds. The topological polar surface area (TPSA) is 64.3 Å². The highest BCUT2D eigenvalue weighted by Crippen LogP contribution is 2.30. The standard InChI is InChI=1S/C14H24N4O/c1-4-6-11-12(15)16-10-17-13(11)18-8-5-7-14(2,9-18)19-3/h10H,4-9H2,1-3H3,(H2,15,16,17). The van der Waals surface area contributed by atoms with Crippen molar-refractivity contribution < 1.29 is 4.74 Å². The molecule has 5 nitrogen and oxygen atoms in total. The summed E-state index contributed by atoms with van der Waals surface area (Å²) in [6, 6.07) is 0. The Hall–Kier alpha value is -1.36. The van der Waals surface area contributed by atoms with Gasteiger partial charge in [0.05, 0.1) is 5.60 Å². The molecular formula is C14H24N4O. The quantitative estimate of drug-likeness (QED) is 0.901. The Morgan fingerprint density at radius 2 is 2.26 bits per heavy atom. The number of anilines is 2. The summed E-state index contributed by atoms with van der Waals surface area (Å²) in [5.74, 6) is 1.59. The Bertz CT molecular complexity index is 437. The SMILES string of the molecule is CCCc1c(N)ncnc1N1CCCC(C)(OC)C1. The van der Waals surface area contributed by atoms with Gasteiger partial charge < -0.3 is 15.4 Å². The summed E-state index contributed by atoms with van der Waals surface area (Å²) in [6.07, 6.45) is 5.72. The molecule has 1 fully saturated rings. The van der Waals surface area contributed by atoms with Gasteiger partial charge in [-0.05, 0) is 26.2 Å². The Morgan fingerprint density at radius 3 is 2.95 bits per heavy atom. The highest BCUT2D eigenvalue weighted by Gasteiger charge is 2.32. The summed E-state index contributed by atoms with van der Waals surface area (Å²) in [7, 11) is 1.78. The van der Waals surface area contributed by atoms with Crippen molar-refractivity contribution in [3.8, 4) is 0 Å². The highest BCUT2D eigenvalue weighted by molar-refractivity contribution is 5.57. The van der Waals surface area contributed by atoms with Crippen molar-refractivity contribution in [1.29, 1.82) is 0 Å². The minimum absolute atomic E-state index is 0.0958. The van der Waals surface area contributed by atoms with Gasteiger partial charge >= 0.3 is 0 Å². The first-order valence-electron chi connectivity index (χ1n) is 6.99. The van der Waals surface area contributed by atoms with E-state index in [1.54, 1.807) is 13.4 Å². The molecule has 106 valence electrons. The summed E-state index contributed by atoms with van der Waals surface area (Å²) in [4.78, 5) is 10.9. The molecule has 1 aromatic heterocycles. The van der Waals surface area contributed by atoms with Crippen molar-refractivity contribution in [1.82, 2.24) is 9.97 Å². The lowest BCUT2D eigenvalue weighted by atomic mass is 9.94. The average molecular weight is 264 g/mol. The number of hydrogen-bond donors (Lipinski definition) is 1. The van der Waals surface area contributed by atoms with Crippen LogP contribution in [0, 0.1) is 0 Å². The maximum absolute atomic E-state index is 6.01. The molecule has 0 radical (unpaired) electrons. The van der Waals surface area contributed by atoms with Crippen molar-refractivity contribution in [2.24, 2.45) is 0 Å². The van der Waals surface area contributed by atoms with Crippen LogP contribution < -0.4 is 10.6 Å². The zero-order valence-electron chi connectivity index (χ0n) is 12.1. The number of methoxy groups -OCH3 is 1. The van der Waals surface area contributed by atoms with Gasteiger partial charge in [-0.1, -0.05) is 13.3 Å². The molecule has 0 saturated carbocycles. The molecule has 0 aromatic carbocycles. The molecule has 2 N–H and O–H groups in total. The third-order valence-corrected chi connectivity index (χ3v) is 3.91. The van der Waals surface area contributed by atoms with Gasteiger partial charge in [0.2, 0.25) is 0 Å². The smallest absolute Gasteiger partial charge is 0.137 e. The van der Waals surface area contributed by atoms with Crippen LogP contribution in [-0.2, 0) is 11.2 Å². The number of rotatable bonds is 4. The van der Waals surface area contributed by atoms with Crippen LogP contribution in [0.2, 0.25) is 0 Å². The van der Waals surface area contributed by atoms with Crippen molar-refractivity contribution >= 4 is 11.6 Å². The minimum atomic E-state index is -0.0958. The van der Waals surface area contributed by atoms with Gasteiger partial charge in [-0.2, -0.15) is 0 Å². The number of nitrogen functional groups attached to an aromatic ring is 1. The third-order valence-electron chi connectivity index (χ3n) is 3.91. The molecule has 2 rings (SSSR count). The van der Waals surface area contributed by atoms with Crippen molar-refractivity contribution in [2.45, 2.75) is 45.1 Å². The third kappa shape index (κ3) is 2.97. The van der Waals surface area contributed by atoms with Crippen molar-refractivity contribution in [3.05, 3.63) is 11.9 Å². The van der Waals surface area contributed by atoms with Gasteiger partial charge in [0.25, 0.3) is 0 Å². The Balaban J connectivity index is 2.28. The normalized spacial score (nSPS) is 23.6. The van der Waals surface area contributed by atoms with E-state index < -0.39 is 0 Å². The molecule has 0 bridgehead atoms. The number of piperidine rings is 1. The van der Waals surface area contributed by atoms with Crippen molar-refractivity contribution in [2.75, 3.05) is 30.8 Å². The predicted molar refractivity (Wildman–Crippen MR) is 77.3 cm³/mol. The van der Waals surface area contributed by atoms with Crippen LogP contribution in [0.4, 0.5) is 11.6 Å². The van der Waals surface area contributed by atoms with E-state index in [1.807, 2.05) is 0 Å². The zero-order chi connectivity index (χ0) is 13.9. The van der Waals surface area contributed by atoms with E-state index in [2.05, 4.69) is 28.7 Å². The van der Waals surface area contributed by atoms with Gasteiger partial charge in [-0.15, -0.1) is 0 Å². The largest absolute Gasteiger partial charge is 0.383 e. The van der Waals surface area contributed by atoms with Crippen LogP contribution in [0.15, 0.2) is 6.33 Å². The number of nitrogens with zero attached hydrogens (tertiary/aromatic N) is 3. The fraction of sp³-hybridized carbons (Fsp3) is 0.714. The van der Waals surface area contributed by atoms with Crippen LogP contribution in [0.25, 0.3) is 0 Å². The molecule has 1 aliphatic rings. The van der Waals surface area contributed by atoms with Crippen LogP contribution in [-0.4, -0.2) is 35.8 Å². The Morgan fingerprint density at radius 1 is 1.47 bits per heavy atom. The second-order valence-electron chi connectivity index (χ2n) is 5.49. The average Bonchev–Trinajstić information content (AvgIpc) is 2.41. The van der Waals surface area contributed by atoms with Gasteiger partial charge in [-0.3, -0.25) is 0 Å². The molecule has 0 spiro atoms. The minimum Gasteiger partial charge on any atom is -0.383 e. The second-order valence-corrected chi connectivity index (χ2v) is 5.49. The fourth-order valence-electron chi connectivity index (χ4n) is 2.73. The molecule has 0 aliphatic carbocycles. The summed E-state index contributed by atoms with van der Waals surface area (Å²) in [5.41, 5.74) is 6.98. The van der Waals surface area contributed by atoms with Gasteiger partial charge in [0.1, 0.15) is 18.0 Å². The van der Waals surface area contributed by atoms with E-state index in [4.69, 9.17) is 10.5 Å². The lowest BCUT2D eigenvalue weighted by molar-refractivity contribution is -0.00484. The number of ether oxygens (including phenoxy) is 1. The monoisotopic (exact) mass is 264 g/mol. The van der Waals surface area contributed by atoms with E-state index in [-0.39, 0.29) is 5.60 Å². The van der Waals surface area contributed by atoms with E-state index in [0.29, 0.717) is 5.82 Å². The summed E-state index contributed by atoms with van der Waals surface area (Å²) in [6.45, 7) is 6.16. The highest BCUT2D eigenvalue weighted by atomic mass is 16.5. The fourth-order valence-corrected chi connectivity index (χ4v) is 2.73. The van der Waals surface area contributed by atoms with Gasteiger partial charge in [0, 0.05) is 25.8 Å². The van der Waals surface area contributed by atoms with E-state index >= 15 is 0 Å². The summed E-state index contributed by atoms with van der Waals surface area (Å²) in [5, 5.41) is 0. The molecule has 2 heterocycles. The van der Waals surface area contributed by atoms with E-state index in [0.717, 1.165) is 50.2 Å². The molecule has 1 aromatic rings. The Kier molecular flexibility index (Phi) is 4.24. The first kappa shape index (κ1) is 14.1. The number of hydrogen-bond acceptors (Lipinski definition) is 5. The van der Waals surface area contributed by atoms with Crippen LogP contribution >= 0.6 is 0 Å². The van der Waals surface area contributed by atoms with E-state index in [9.17, 15) is 0 Å². The van der Waals surface area contributed by atoms with Crippen LogP contribution in [0.3, 0.4) is 0 Å². The molecule has 5 heteroatoms. The molecule has 1 saturated heterocycles. The number of nitrogens with two attached hydrogens (primary N) is 1. The Labute approximate surface area is 115 Å². The zero-order valence-corrected chi connectivity index (χ0v) is 12.1. The van der Waals surface area contributed by atoms with Crippen LogP contribution in [0.1, 0.15) is 38.7 Å². The molecule has 1 aliphatic heterocycles. The lowest BCUT2D eigenvalue weighted by Gasteiger charge is -2.40. The first-order valence-corrected chi connectivity index (χ1v) is 6.99. The van der Waals surface area contributed by atoms with Crippen LogP contribution in [0.5, 0.6) is 0 Å². The van der Waals surface area contributed by atoms with Gasteiger partial charge in [-0.25, -0.2) is 9.97 Å². The molecule has 19 heavy (non-hydrogen) atoms. The second kappa shape index (κ2) is 5.74. The maximum Gasteiger partial charge on any atom is 0.137 e. The first-order chi connectivity index (χ1) is 9.09. The lowest BCUT2D eigenvalue weighted by Crippen LogP contribution is -2.48. The molecule has 1 atom stereocenters. The van der Waals surface area contributed by atoms with Crippen molar-refractivity contribution in [3.63, 3.8) is 0 Å². The molecule has 1 unspecified atom stereocenters. The summed E-state index contributed by atoms with van der Waals surface area (Å²) < 4.78 is 5.64. The number of aromatic nitrogens is 2. The maximum atomic E-state index is 6.01. The van der Waals surface area contributed by atoms with E-state index in [1.165, 1.54) is 0 Å². The molecular weight excluding hydrogens is 240 g/mol.